The van der Waals surface area contributed by atoms with E-state index < -0.39 is 0 Å². The zero-order valence-electron chi connectivity index (χ0n) is 11.3. The third-order valence-corrected chi connectivity index (χ3v) is 3.63. The summed E-state index contributed by atoms with van der Waals surface area (Å²) in [6.45, 7) is 2.68. The molecule has 0 spiro atoms. The van der Waals surface area contributed by atoms with Gasteiger partial charge in [-0.15, -0.1) is 0 Å². The molecule has 1 aliphatic rings. The van der Waals surface area contributed by atoms with Gasteiger partial charge in [0, 0.05) is 29.1 Å². The van der Waals surface area contributed by atoms with Crippen LogP contribution in [0.15, 0.2) is 54.7 Å². The van der Waals surface area contributed by atoms with Crippen LogP contribution in [0.2, 0.25) is 5.02 Å². The first-order valence-electron chi connectivity index (χ1n) is 6.72. The van der Waals surface area contributed by atoms with Crippen molar-refractivity contribution in [1.29, 1.82) is 0 Å². The maximum atomic E-state index is 5.96. The molecule has 2 aromatic rings. The van der Waals surface area contributed by atoms with Crippen molar-refractivity contribution < 1.29 is 4.74 Å². The fourth-order valence-corrected chi connectivity index (χ4v) is 2.56. The minimum Gasteiger partial charge on any atom is -0.354 e. The maximum absolute atomic E-state index is 5.96. The van der Waals surface area contributed by atoms with E-state index in [0.29, 0.717) is 6.61 Å². The lowest BCUT2D eigenvalue weighted by Gasteiger charge is -2.34. The van der Waals surface area contributed by atoms with Crippen molar-refractivity contribution in [2.75, 3.05) is 11.5 Å². The summed E-state index contributed by atoms with van der Waals surface area (Å²) in [5.74, 6) is 0. The molecular weight excluding hydrogens is 270 g/mol. The van der Waals surface area contributed by atoms with E-state index in [1.807, 2.05) is 43.3 Å². The number of fused-ring (bicyclic) bond motifs is 1. The lowest BCUT2D eigenvalue weighted by molar-refractivity contribution is 0.0654. The Bertz CT molecular complexity index is 621. The normalized spacial score (nSPS) is 17.1. The Kier molecular flexibility index (Phi) is 3.77. The van der Waals surface area contributed by atoms with Crippen LogP contribution in [0.1, 0.15) is 24.3 Å². The van der Waals surface area contributed by atoms with Gasteiger partial charge in [0.2, 0.25) is 0 Å². The highest BCUT2D eigenvalue weighted by atomic mass is 35.5. The summed E-state index contributed by atoms with van der Waals surface area (Å²) >= 11 is 5.96. The van der Waals surface area contributed by atoms with E-state index >= 15 is 0 Å². The van der Waals surface area contributed by atoms with Crippen molar-refractivity contribution in [3.63, 3.8) is 0 Å². The van der Waals surface area contributed by atoms with Crippen LogP contribution in [0.25, 0.3) is 6.08 Å². The maximum Gasteiger partial charge on any atom is 0.160 e. The molecule has 1 aliphatic heterocycles. The third kappa shape index (κ3) is 2.45. The van der Waals surface area contributed by atoms with E-state index in [9.17, 15) is 0 Å². The molecule has 3 heteroatoms. The molecule has 0 aliphatic carbocycles. The van der Waals surface area contributed by atoms with Crippen LogP contribution in [0.4, 0.5) is 5.69 Å². The molecule has 0 radical (unpaired) electrons. The average molecular weight is 286 g/mol. The first-order chi connectivity index (χ1) is 9.79. The molecule has 0 aromatic heterocycles. The second-order valence-electron chi connectivity index (χ2n) is 4.64. The highest BCUT2D eigenvalue weighted by molar-refractivity contribution is 6.30. The zero-order chi connectivity index (χ0) is 13.9. The first-order valence-corrected chi connectivity index (χ1v) is 7.10. The molecule has 0 amide bonds. The van der Waals surface area contributed by atoms with Gasteiger partial charge in [-0.1, -0.05) is 35.9 Å². The predicted octanol–water partition coefficient (Wildman–Crippen LogP) is 4.87. The molecule has 0 saturated carbocycles. The van der Waals surface area contributed by atoms with E-state index in [1.165, 1.54) is 11.1 Å². The molecule has 0 N–H and O–H groups in total. The van der Waals surface area contributed by atoms with E-state index in [4.69, 9.17) is 16.3 Å². The minimum atomic E-state index is -0.0950. The van der Waals surface area contributed by atoms with Gasteiger partial charge < -0.3 is 9.64 Å². The number of nitrogens with zero attached hydrogens (tertiary/aromatic N) is 1. The lowest BCUT2D eigenvalue weighted by Crippen LogP contribution is -2.28. The quantitative estimate of drug-likeness (QED) is 0.798. The second kappa shape index (κ2) is 5.70. The van der Waals surface area contributed by atoms with Gasteiger partial charge in [-0.3, -0.25) is 0 Å². The van der Waals surface area contributed by atoms with Crippen LogP contribution in [0.3, 0.4) is 0 Å². The summed E-state index contributed by atoms with van der Waals surface area (Å²) in [6.07, 6.45) is 4.08. The van der Waals surface area contributed by atoms with Gasteiger partial charge in [0.05, 0.1) is 0 Å². The molecule has 0 fully saturated rings. The molecule has 3 rings (SSSR count). The molecular formula is C17H16ClNO. The largest absolute Gasteiger partial charge is 0.354 e. The number of benzene rings is 2. The van der Waals surface area contributed by atoms with E-state index in [-0.39, 0.29) is 6.23 Å². The zero-order valence-corrected chi connectivity index (χ0v) is 12.0. The SMILES string of the molecule is CCOC1c2ccccc2C=CN1c1ccc(Cl)cc1. The van der Waals surface area contributed by atoms with Crippen LogP contribution < -0.4 is 4.90 Å². The highest BCUT2D eigenvalue weighted by Gasteiger charge is 2.24. The number of hydrogen-bond acceptors (Lipinski definition) is 2. The fourth-order valence-electron chi connectivity index (χ4n) is 2.44. The number of halogens is 1. The minimum absolute atomic E-state index is 0.0950. The van der Waals surface area contributed by atoms with Gasteiger partial charge in [-0.2, -0.15) is 0 Å². The smallest absolute Gasteiger partial charge is 0.160 e. The molecule has 0 bridgehead atoms. The Morgan fingerprint density at radius 1 is 1.10 bits per heavy atom. The summed E-state index contributed by atoms with van der Waals surface area (Å²) in [5, 5.41) is 0.739. The van der Waals surface area contributed by atoms with Crippen LogP contribution in [-0.4, -0.2) is 6.61 Å². The molecule has 1 heterocycles. The van der Waals surface area contributed by atoms with E-state index in [1.54, 1.807) is 0 Å². The molecule has 2 aromatic carbocycles. The van der Waals surface area contributed by atoms with Gasteiger partial charge in [-0.05, 0) is 42.8 Å². The monoisotopic (exact) mass is 285 g/mol. The standard InChI is InChI=1S/C17H16ClNO/c1-2-20-17-16-6-4-3-5-13(16)11-12-19(17)15-9-7-14(18)8-10-15/h3-12,17H,2H2,1H3. The van der Waals surface area contributed by atoms with Gasteiger partial charge in [0.1, 0.15) is 0 Å². The molecule has 20 heavy (non-hydrogen) atoms. The van der Waals surface area contributed by atoms with Crippen molar-refractivity contribution >= 4 is 23.4 Å². The van der Waals surface area contributed by atoms with E-state index in [2.05, 4.69) is 29.3 Å². The van der Waals surface area contributed by atoms with Crippen molar-refractivity contribution in [1.82, 2.24) is 0 Å². The van der Waals surface area contributed by atoms with Crippen LogP contribution in [-0.2, 0) is 4.74 Å². The van der Waals surface area contributed by atoms with Crippen molar-refractivity contribution in [2.45, 2.75) is 13.2 Å². The Labute approximate surface area is 124 Å². The average Bonchev–Trinajstić information content (AvgIpc) is 2.49. The summed E-state index contributed by atoms with van der Waals surface area (Å²) in [7, 11) is 0. The molecule has 0 saturated heterocycles. The van der Waals surface area contributed by atoms with Crippen LogP contribution in [0.5, 0.6) is 0 Å². The Hall–Kier alpha value is -1.77. The molecule has 1 unspecified atom stereocenters. The number of hydrogen-bond donors (Lipinski definition) is 0. The summed E-state index contributed by atoms with van der Waals surface area (Å²) < 4.78 is 5.95. The van der Waals surface area contributed by atoms with Crippen LogP contribution >= 0.6 is 11.6 Å². The molecule has 2 nitrogen and oxygen atoms in total. The van der Waals surface area contributed by atoms with Crippen molar-refractivity contribution in [3.05, 3.63) is 70.9 Å². The highest BCUT2D eigenvalue weighted by Crippen LogP contribution is 2.35. The van der Waals surface area contributed by atoms with Gasteiger partial charge in [-0.25, -0.2) is 0 Å². The summed E-state index contributed by atoms with van der Waals surface area (Å²) in [4.78, 5) is 2.13. The van der Waals surface area contributed by atoms with Gasteiger partial charge >= 0.3 is 0 Å². The fraction of sp³-hybridized carbons (Fsp3) is 0.176. The Balaban J connectivity index is 2.01. The number of anilines is 1. The van der Waals surface area contributed by atoms with Crippen molar-refractivity contribution in [3.8, 4) is 0 Å². The predicted molar refractivity (Wildman–Crippen MR) is 83.8 cm³/mol. The van der Waals surface area contributed by atoms with Crippen LogP contribution in [0, 0.1) is 0 Å². The summed E-state index contributed by atoms with van der Waals surface area (Å²) in [5.41, 5.74) is 3.46. The molecule has 102 valence electrons. The third-order valence-electron chi connectivity index (χ3n) is 3.38. The van der Waals surface area contributed by atoms with Gasteiger partial charge in [0.15, 0.2) is 6.23 Å². The summed E-state index contributed by atoms with van der Waals surface area (Å²) in [6, 6.07) is 16.1. The number of rotatable bonds is 3. The molecule has 1 atom stereocenters. The van der Waals surface area contributed by atoms with Gasteiger partial charge in [0.25, 0.3) is 0 Å². The van der Waals surface area contributed by atoms with E-state index in [0.717, 1.165) is 10.7 Å². The Morgan fingerprint density at radius 2 is 1.85 bits per heavy atom. The topological polar surface area (TPSA) is 12.5 Å². The van der Waals surface area contributed by atoms with Crippen molar-refractivity contribution in [2.24, 2.45) is 0 Å². The first kappa shape index (κ1) is 13.2. The Morgan fingerprint density at radius 3 is 2.60 bits per heavy atom. The number of ether oxygens (including phenoxy) is 1. The lowest BCUT2D eigenvalue weighted by atomic mass is 10.0. The second-order valence-corrected chi connectivity index (χ2v) is 5.07.